The minimum absolute atomic E-state index is 0.170. The summed E-state index contributed by atoms with van der Waals surface area (Å²) >= 11 is 0. The largest absolute Gasteiger partial charge is 0.465 e. The second kappa shape index (κ2) is 5.79. The normalized spacial score (nSPS) is 23.3. The Morgan fingerprint density at radius 2 is 2.04 bits per heavy atom. The van der Waals surface area contributed by atoms with Crippen molar-refractivity contribution in [2.45, 2.75) is 26.3 Å². The number of methoxy groups -OCH3 is 1. The Labute approximate surface area is 151 Å². The summed E-state index contributed by atoms with van der Waals surface area (Å²) in [6, 6.07) is 6.81. The molecular weight excluding hydrogens is 332 g/mol. The Morgan fingerprint density at radius 1 is 1.31 bits per heavy atom. The number of benzene rings is 1. The maximum absolute atomic E-state index is 13.0. The fraction of sp³-hybridized carbons (Fsp3) is 0.368. The summed E-state index contributed by atoms with van der Waals surface area (Å²) in [4.78, 5) is 28.9. The standard InChI is InChI=1S/C19H20N4O3/c1-19(2)8-13-15(14(24)9-19)16(23-18(22-13)20-10-21-23)11-4-6-12(7-5-11)17(25)26-3/h4-8,10,15-16H,9H2,1-3H3,(H,20,21,22). The number of ether oxygens (including phenoxy) is 1. The van der Waals surface area contributed by atoms with Gasteiger partial charge in [-0.1, -0.05) is 32.1 Å². The lowest BCUT2D eigenvalue weighted by Crippen LogP contribution is -2.42. The number of esters is 1. The number of Topliss-reactive ketones (excluding diaryl/α,β-unsaturated/α-hetero) is 1. The summed E-state index contributed by atoms with van der Waals surface area (Å²) < 4.78 is 6.49. The van der Waals surface area contributed by atoms with E-state index in [2.05, 4.69) is 35.3 Å². The van der Waals surface area contributed by atoms with Crippen LogP contribution in [0.25, 0.3) is 0 Å². The molecule has 1 aliphatic heterocycles. The van der Waals surface area contributed by atoms with Crippen molar-refractivity contribution in [3.8, 4) is 0 Å². The first kappa shape index (κ1) is 16.5. The molecule has 0 fully saturated rings. The third kappa shape index (κ3) is 2.60. The van der Waals surface area contributed by atoms with Crippen molar-refractivity contribution in [3.05, 3.63) is 53.5 Å². The number of rotatable bonds is 2. The van der Waals surface area contributed by atoms with Crippen molar-refractivity contribution in [1.29, 1.82) is 0 Å². The van der Waals surface area contributed by atoms with Crippen molar-refractivity contribution < 1.29 is 14.3 Å². The molecule has 2 heterocycles. The van der Waals surface area contributed by atoms with Crippen LogP contribution >= 0.6 is 0 Å². The van der Waals surface area contributed by atoms with E-state index in [0.717, 1.165) is 11.3 Å². The zero-order valence-corrected chi connectivity index (χ0v) is 14.9. The lowest BCUT2D eigenvalue weighted by atomic mass is 9.72. The van der Waals surface area contributed by atoms with Crippen molar-refractivity contribution >= 4 is 17.7 Å². The molecule has 2 aliphatic rings. The number of fused-ring (bicyclic) bond motifs is 2. The second-order valence-corrected chi connectivity index (χ2v) is 7.42. The van der Waals surface area contributed by atoms with Gasteiger partial charge in [0, 0.05) is 12.1 Å². The van der Waals surface area contributed by atoms with E-state index in [4.69, 9.17) is 4.74 Å². The van der Waals surface area contributed by atoms with Gasteiger partial charge in [-0.15, -0.1) is 0 Å². The van der Waals surface area contributed by atoms with E-state index >= 15 is 0 Å². The molecule has 0 spiro atoms. The van der Waals surface area contributed by atoms with Gasteiger partial charge in [0.15, 0.2) is 0 Å². The summed E-state index contributed by atoms with van der Waals surface area (Å²) in [5.41, 5.74) is 2.04. The summed E-state index contributed by atoms with van der Waals surface area (Å²) in [6.07, 6.45) is 4.07. The number of nitrogens with zero attached hydrogens (tertiary/aromatic N) is 3. The van der Waals surface area contributed by atoms with Crippen molar-refractivity contribution in [2.75, 3.05) is 12.4 Å². The molecule has 0 radical (unpaired) electrons. The van der Waals surface area contributed by atoms with E-state index in [0.29, 0.717) is 17.9 Å². The van der Waals surface area contributed by atoms with Crippen LogP contribution in [0, 0.1) is 11.3 Å². The van der Waals surface area contributed by atoms with Gasteiger partial charge in [0.1, 0.15) is 12.1 Å². The molecule has 1 aromatic carbocycles. The van der Waals surface area contributed by atoms with Crippen LogP contribution in [0.3, 0.4) is 0 Å². The van der Waals surface area contributed by atoms with E-state index in [1.807, 2.05) is 12.1 Å². The van der Waals surface area contributed by atoms with E-state index in [1.165, 1.54) is 13.4 Å². The summed E-state index contributed by atoms with van der Waals surface area (Å²) in [5, 5.41) is 7.58. The molecule has 0 amide bonds. The highest BCUT2D eigenvalue weighted by Crippen LogP contribution is 2.44. The first-order chi connectivity index (χ1) is 12.4. The molecule has 7 heteroatoms. The van der Waals surface area contributed by atoms with E-state index in [9.17, 15) is 9.59 Å². The molecule has 2 unspecified atom stereocenters. The first-order valence-electron chi connectivity index (χ1n) is 8.50. The van der Waals surface area contributed by atoms with Crippen LogP contribution in [0.15, 0.2) is 42.4 Å². The highest BCUT2D eigenvalue weighted by Gasteiger charge is 2.44. The van der Waals surface area contributed by atoms with Gasteiger partial charge in [-0.05, 0) is 23.1 Å². The highest BCUT2D eigenvalue weighted by atomic mass is 16.5. The van der Waals surface area contributed by atoms with E-state index in [-0.39, 0.29) is 29.1 Å². The Balaban J connectivity index is 1.81. The molecule has 0 bridgehead atoms. The topological polar surface area (TPSA) is 86.1 Å². The van der Waals surface area contributed by atoms with Crippen LogP contribution in [-0.2, 0) is 9.53 Å². The molecule has 1 aromatic heterocycles. The number of carbonyl (C=O) groups is 2. The molecule has 26 heavy (non-hydrogen) atoms. The molecule has 1 aliphatic carbocycles. The number of hydrogen-bond acceptors (Lipinski definition) is 6. The fourth-order valence-electron chi connectivity index (χ4n) is 3.84. The predicted molar refractivity (Wildman–Crippen MR) is 94.5 cm³/mol. The number of allylic oxidation sites excluding steroid dienone is 2. The molecule has 0 saturated heterocycles. The van der Waals surface area contributed by atoms with Gasteiger partial charge < -0.3 is 10.1 Å². The van der Waals surface area contributed by atoms with Crippen LogP contribution in [0.2, 0.25) is 0 Å². The summed E-state index contributed by atoms with van der Waals surface area (Å²) in [7, 11) is 1.35. The van der Waals surface area contributed by atoms with Crippen molar-refractivity contribution in [2.24, 2.45) is 11.3 Å². The van der Waals surface area contributed by atoms with Crippen molar-refractivity contribution in [3.63, 3.8) is 0 Å². The number of nitrogens with one attached hydrogen (secondary N) is 1. The van der Waals surface area contributed by atoms with E-state index < -0.39 is 0 Å². The summed E-state index contributed by atoms with van der Waals surface area (Å²) in [5.74, 6) is 0.0452. The Bertz CT molecular complexity index is 911. The third-order valence-electron chi connectivity index (χ3n) is 4.94. The van der Waals surface area contributed by atoms with Gasteiger partial charge in [0.05, 0.1) is 24.6 Å². The van der Waals surface area contributed by atoms with E-state index in [1.54, 1.807) is 16.8 Å². The SMILES string of the molecule is COC(=O)c1ccc(C2C3C(=O)CC(C)(C)C=C3Nc3ncnn32)cc1. The molecular formula is C19H20N4O3. The quantitative estimate of drug-likeness (QED) is 0.836. The Morgan fingerprint density at radius 3 is 2.73 bits per heavy atom. The first-order valence-corrected chi connectivity index (χ1v) is 8.50. The van der Waals surface area contributed by atoms with Gasteiger partial charge in [-0.3, -0.25) is 4.79 Å². The monoisotopic (exact) mass is 352 g/mol. The van der Waals surface area contributed by atoms with Gasteiger partial charge in [0.25, 0.3) is 0 Å². The van der Waals surface area contributed by atoms with Gasteiger partial charge in [-0.25, -0.2) is 9.48 Å². The highest BCUT2D eigenvalue weighted by molar-refractivity contribution is 5.90. The second-order valence-electron chi connectivity index (χ2n) is 7.42. The molecule has 2 atom stereocenters. The van der Waals surface area contributed by atoms with Gasteiger partial charge >= 0.3 is 5.97 Å². The Hall–Kier alpha value is -2.96. The van der Waals surface area contributed by atoms with Crippen molar-refractivity contribution in [1.82, 2.24) is 14.8 Å². The lowest BCUT2D eigenvalue weighted by molar-refractivity contribution is -0.125. The number of carbonyl (C=O) groups excluding carboxylic acids is 2. The molecule has 1 N–H and O–H groups in total. The number of hydrogen-bond donors (Lipinski definition) is 1. The van der Waals surface area contributed by atoms with Crippen LogP contribution in [0.1, 0.15) is 42.2 Å². The molecule has 134 valence electrons. The Kier molecular flexibility index (Phi) is 3.68. The van der Waals surface area contributed by atoms with Gasteiger partial charge in [-0.2, -0.15) is 10.1 Å². The molecule has 4 rings (SSSR count). The summed E-state index contributed by atoms with van der Waals surface area (Å²) in [6.45, 7) is 4.10. The number of anilines is 1. The van der Waals surface area contributed by atoms with Crippen LogP contribution in [0.5, 0.6) is 0 Å². The zero-order valence-electron chi connectivity index (χ0n) is 14.9. The predicted octanol–water partition coefficient (Wildman–Crippen LogP) is 2.58. The van der Waals surface area contributed by atoms with Crippen LogP contribution in [0.4, 0.5) is 5.95 Å². The molecule has 0 saturated carbocycles. The average Bonchev–Trinajstić information content (AvgIpc) is 3.06. The fourth-order valence-corrected chi connectivity index (χ4v) is 3.84. The molecule has 7 nitrogen and oxygen atoms in total. The minimum Gasteiger partial charge on any atom is -0.465 e. The third-order valence-corrected chi connectivity index (χ3v) is 4.94. The molecule has 2 aromatic rings. The number of ketones is 1. The van der Waals surface area contributed by atoms with Crippen LogP contribution in [-0.4, -0.2) is 33.6 Å². The lowest BCUT2D eigenvalue weighted by Gasteiger charge is -2.40. The zero-order chi connectivity index (χ0) is 18.5. The van der Waals surface area contributed by atoms with Crippen LogP contribution < -0.4 is 5.32 Å². The number of aromatic nitrogens is 3. The maximum atomic E-state index is 13.0. The average molecular weight is 352 g/mol. The van der Waals surface area contributed by atoms with Gasteiger partial charge in [0.2, 0.25) is 5.95 Å². The smallest absolute Gasteiger partial charge is 0.337 e. The minimum atomic E-state index is -0.389. The maximum Gasteiger partial charge on any atom is 0.337 e.